The zero-order valence-corrected chi connectivity index (χ0v) is 13.5. The number of carboxylic acid groups (broad SMARTS) is 2. The maximum Gasteiger partial charge on any atom is 0.332 e. The molecule has 4 bridgehead atoms. The molecule has 4 aliphatic rings. The van der Waals surface area contributed by atoms with Gasteiger partial charge in [0, 0.05) is 0 Å². The third-order valence-electron chi connectivity index (χ3n) is 6.15. The fraction of sp³-hybridized carbons (Fsp3) is 0.556. The molecule has 7 heteroatoms. The SMILES string of the molecule is O=C(O)C1=C2CCC(C2)C1C(=O)OC(=O)C1C(C(=O)O)=C2CCC1C2. The number of allylic oxidation sites excluding steroid dienone is 2. The number of esters is 2. The van der Waals surface area contributed by atoms with Crippen molar-refractivity contribution in [3.8, 4) is 0 Å². The van der Waals surface area contributed by atoms with Crippen molar-refractivity contribution >= 4 is 23.9 Å². The predicted octanol–water partition coefficient (Wildman–Crippen LogP) is 1.68. The largest absolute Gasteiger partial charge is 0.478 e. The van der Waals surface area contributed by atoms with Gasteiger partial charge in [0.1, 0.15) is 0 Å². The minimum absolute atomic E-state index is 0.0683. The van der Waals surface area contributed by atoms with Gasteiger partial charge in [-0.05, 0) is 50.4 Å². The van der Waals surface area contributed by atoms with E-state index in [0.29, 0.717) is 25.7 Å². The van der Waals surface area contributed by atoms with Crippen LogP contribution >= 0.6 is 0 Å². The van der Waals surface area contributed by atoms with Crippen LogP contribution in [0.4, 0.5) is 0 Å². The number of carbonyl (C=O) groups excluding carboxylic acids is 2. The summed E-state index contributed by atoms with van der Waals surface area (Å²) in [5, 5.41) is 18.7. The first-order chi connectivity index (χ1) is 11.9. The number of fused-ring (bicyclic) bond motifs is 4. The molecule has 0 spiro atoms. The van der Waals surface area contributed by atoms with Gasteiger partial charge in [0.25, 0.3) is 0 Å². The molecule has 4 unspecified atom stereocenters. The molecule has 2 fully saturated rings. The fourth-order valence-corrected chi connectivity index (χ4v) is 5.15. The molecule has 4 aliphatic carbocycles. The van der Waals surface area contributed by atoms with Crippen molar-refractivity contribution in [2.75, 3.05) is 0 Å². The van der Waals surface area contributed by atoms with Gasteiger partial charge in [-0.15, -0.1) is 0 Å². The zero-order valence-electron chi connectivity index (χ0n) is 13.5. The lowest BCUT2D eigenvalue weighted by atomic mass is 9.85. The standard InChI is InChI=1S/C18H18O7/c19-15(20)11-7-1-3-9(5-7)13(11)17(23)25-18(24)14-10-4-2-8(6-10)12(14)16(21)22/h9-10,13-14H,1-6H2,(H,19,20)(H,21,22). The molecular formula is C18H18O7. The molecule has 25 heavy (non-hydrogen) atoms. The molecular weight excluding hydrogens is 328 g/mol. The Morgan fingerprint density at radius 1 is 0.760 bits per heavy atom. The predicted molar refractivity (Wildman–Crippen MR) is 82.1 cm³/mol. The van der Waals surface area contributed by atoms with Gasteiger partial charge in [0.2, 0.25) is 0 Å². The van der Waals surface area contributed by atoms with Crippen molar-refractivity contribution in [1.29, 1.82) is 0 Å². The van der Waals surface area contributed by atoms with Gasteiger partial charge >= 0.3 is 23.9 Å². The summed E-state index contributed by atoms with van der Waals surface area (Å²) in [5.74, 6) is -6.05. The van der Waals surface area contributed by atoms with Crippen LogP contribution in [0.15, 0.2) is 22.3 Å². The molecule has 0 radical (unpaired) electrons. The number of rotatable bonds is 4. The van der Waals surface area contributed by atoms with E-state index in [-0.39, 0.29) is 23.0 Å². The van der Waals surface area contributed by atoms with Gasteiger partial charge in [-0.25, -0.2) is 9.59 Å². The number of carboxylic acids is 2. The van der Waals surface area contributed by atoms with Gasteiger partial charge in [0.15, 0.2) is 0 Å². The number of carbonyl (C=O) groups is 4. The van der Waals surface area contributed by atoms with Crippen LogP contribution in [0.1, 0.15) is 38.5 Å². The second kappa shape index (κ2) is 5.54. The summed E-state index contributed by atoms with van der Waals surface area (Å²) in [4.78, 5) is 47.9. The molecule has 4 rings (SSSR count). The molecule has 0 aliphatic heterocycles. The Morgan fingerprint density at radius 2 is 1.16 bits per heavy atom. The van der Waals surface area contributed by atoms with E-state index in [1.807, 2.05) is 0 Å². The number of hydrogen-bond donors (Lipinski definition) is 2. The van der Waals surface area contributed by atoms with Gasteiger partial charge in [0.05, 0.1) is 23.0 Å². The third-order valence-corrected chi connectivity index (χ3v) is 6.15. The van der Waals surface area contributed by atoms with Crippen LogP contribution in [0.25, 0.3) is 0 Å². The van der Waals surface area contributed by atoms with Gasteiger partial charge < -0.3 is 14.9 Å². The monoisotopic (exact) mass is 346 g/mol. The van der Waals surface area contributed by atoms with Crippen LogP contribution in [-0.4, -0.2) is 34.1 Å². The first-order valence-electron chi connectivity index (χ1n) is 8.54. The lowest BCUT2D eigenvalue weighted by Crippen LogP contribution is -2.34. The molecule has 2 N–H and O–H groups in total. The fourth-order valence-electron chi connectivity index (χ4n) is 5.15. The summed E-state index contributed by atoms with van der Waals surface area (Å²) < 4.78 is 5.01. The molecule has 4 atom stereocenters. The number of ether oxygens (including phenoxy) is 1. The first-order valence-corrected chi connectivity index (χ1v) is 8.54. The highest BCUT2D eigenvalue weighted by Crippen LogP contribution is 2.50. The molecule has 132 valence electrons. The minimum atomic E-state index is -1.14. The highest BCUT2D eigenvalue weighted by Gasteiger charge is 2.50. The van der Waals surface area contributed by atoms with Crippen LogP contribution in [-0.2, 0) is 23.9 Å². The van der Waals surface area contributed by atoms with Crippen molar-refractivity contribution in [2.24, 2.45) is 23.7 Å². The Kier molecular flexibility index (Phi) is 3.56. The Hall–Kier alpha value is -2.44. The smallest absolute Gasteiger partial charge is 0.332 e. The maximum absolute atomic E-state index is 12.5. The highest BCUT2D eigenvalue weighted by molar-refractivity contribution is 6.02. The molecule has 2 saturated carbocycles. The molecule has 7 nitrogen and oxygen atoms in total. The molecule has 0 heterocycles. The van der Waals surface area contributed by atoms with Gasteiger partial charge in [-0.1, -0.05) is 11.1 Å². The summed E-state index contributed by atoms with van der Waals surface area (Å²) in [7, 11) is 0. The average Bonchev–Trinajstić information content (AvgIpc) is 3.31. The van der Waals surface area contributed by atoms with Gasteiger partial charge in [-0.3, -0.25) is 9.59 Å². The van der Waals surface area contributed by atoms with Crippen molar-refractivity contribution < 1.29 is 34.1 Å². The quantitative estimate of drug-likeness (QED) is 0.587. The van der Waals surface area contributed by atoms with Crippen molar-refractivity contribution in [3.63, 3.8) is 0 Å². The molecule has 0 saturated heterocycles. The Balaban J connectivity index is 1.53. The summed E-state index contributed by atoms with van der Waals surface area (Å²) in [5.41, 5.74) is 1.66. The van der Waals surface area contributed by atoms with E-state index < -0.39 is 35.7 Å². The summed E-state index contributed by atoms with van der Waals surface area (Å²) >= 11 is 0. The molecule has 0 aromatic rings. The van der Waals surface area contributed by atoms with Crippen molar-refractivity contribution in [2.45, 2.75) is 38.5 Å². The van der Waals surface area contributed by atoms with E-state index in [1.165, 1.54) is 0 Å². The first kappa shape index (κ1) is 16.1. The van der Waals surface area contributed by atoms with E-state index in [1.54, 1.807) is 0 Å². The van der Waals surface area contributed by atoms with Crippen LogP contribution in [0.3, 0.4) is 0 Å². The lowest BCUT2D eigenvalue weighted by Gasteiger charge is -2.23. The van der Waals surface area contributed by atoms with E-state index in [2.05, 4.69) is 0 Å². The van der Waals surface area contributed by atoms with Crippen molar-refractivity contribution in [1.82, 2.24) is 0 Å². The van der Waals surface area contributed by atoms with E-state index in [9.17, 15) is 29.4 Å². The third kappa shape index (κ3) is 2.33. The van der Waals surface area contributed by atoms with Gasteiger partial charge in [-0.2, -0.15) is 0 Å². The number of aliphatic carboxylic acids is 2. The second-order valence-corrected chi connectivity index (χ2v) is 7.35. The Labute approximate surface area is 143 Å². The van der Waals surface area contributed by atoms with Crippen LogP contribution < -0.4 is 0 Å². The Bertz CT molecular complexity index is 708. The minimum Gasteiger partial charge on any atom is -0.478 e. The average molecular weight is 346 g/mol. The molecule has 0 aromatic heterocycles. The summed E-state index contributed by atoms with van der Waals surface area (Å²) in [6.07, 6.45) is 3.90. The van der Waals surface area contributed by atoms with E-state index in [4.69, 9.17) is 4.74 Å². The normalized spacial score (nSPS) is 32.5. The highest BCUT2D eigenvalue weighted by atomic mass is 16.6. The van der Waals surface area contributed by atoms with Crippen LogP contribution in [0, 0.1) is 23.7 Å². The Morgan fingerprint density at radius 3 is 1.52 bits per heavy atom. The summed E-state index contributed by atoms with van der Waals surface area (Å²) in [6, 6.07) is 0. The van der Waals surface area contributed by atoms with Crippen LogP contribution in [0.2, 0.25) is 0 Å². The number of hydrogen-bond acceptors (Lipinski definition) is 5. The maximum atomic E-state index is 12.5. The van der Waals surface area contributed by atoms with Crippen molar-refractivity contribution in [3.05, 3.63) is 22.3 Å². The molecule has 0 amide bonds. The van der Waals surface area contributed by atoms with Crippen LogP contribution in [0.5, 0.6) is 0 Å². The summed E-state index contributed by atoms with van der Waals surface area (Å²) in [6.45, 7) is 0. The lowest BCUT2D eigenvalue weighted by molar-refractivity contribution is -0.167. The zero-order chi connectivity index (χ0) is 17.9. The topological polar surface area (TPSA) is 118 Å². The van der Waals surface area contributed by atoms with E-state index >= 15 is 0 Å². The van der Waals surface area contributed by atoms with E-state index in [0.717, 1.165) is 24.0 Å². The second-order valence-electron chi connectivity index (χ2n) is 7.35. The molecule has 0 aromatic carbocycles.